The lowest BCUT2D eigenvalue weighted by Gasteiger charge is -2.32. The summed E-state index contributed by atoms with van der Waals surface area (Å²) in [7, 11) is 0. The van der Waals surface area contributed by atoms with Crippen LogP contribution in [0.3, 0.4) is 0 Å². The van der Waals surface area contributed by atoms with Gasteiger partial charge in [-0.25, -0.2) is 0 Å². The summed E-state index contributed by atoms with van der Waals surface area (Å²) in [5, 5.41) is 6.20. The summed E-state index contributed by atoms with van der Waals surface area (Å²) in [6.45, 7) is 2.44. The molecule has 6 nitrogen and oxygen atoms in total. The van der Waals surface area contributed by atoms with Gasteiger partial charge in [-0.2, -0.15) is 0 Å². The molecule has 1 unspecified atom stereocenters. The van der Waals surface area contributed by atoms with E-state index in [1.165, 1.54) is 0 Å². The first-order valence-electron chi connectivity index (χ1n) is 5.16. The van der Waals surface area contributed by atoms with E-state index in [2.05, 4.69) is 14.9 Å². The zero-order valence-electron chi connectivity index (χ0n) is 9.14. The van der Waals surface area contributed by atoms with E-state index < -0.39 is 0 Å². The standard InChI is InChI=1S/C9H11ClN4O2S/c1-2-6-9(16)11-7(15)4-14(6)3-5-8(10)17-13-12-5/h6H,2-4H2,1H3,(H,11,15,16). The number of nitrogens with zero attached hydrogens (tertiary/aromatic N) is 3. The number of carbonyl (C=O) groups excluding carboxylic acids is 2. The molecule has 1 N–H and O–H groups in total. The fourth-order valence-corrected chi connectivity index (χ4v) is 2.43. The predicted octanol–water partition coefficient (Wildman–Crippen LogP) is 0.428. The summed E-state index contributed by atoms with van der Waals surface area (Å²) in [6.07, 6.45) is 0.633. The highest BCUT2D eigenvalue weighted by Crippen LogP contribution is 2.21. The number of carbonyl (C=O) groups is 2. The van der Waals surface area contributed by atoms with Gasteiger partial charge in [0, 0.05) is 18.1 Å². The minimum absolute atomic E-state index is 0.179. The van der Waals surface area contributed by atoms with E-state index >= 15 is 0 Å². The summed E-state index contributed by atoms with van der Waals surface area (Å²) in [4.78, 5) is 24.7. The highest BCUT2D eigenvalue weighted by Gasteiger charge is 2.33. The van der Waals surface area contributed by atoms with Crippen molar-refractivity contribution in [2.24, 2.45) is 0 Å². The van der Waals surface area contributed by atoms with Crippen molar-refractivity contribution in [1.29, 1.82) is 0 Å². The monoisotopic (exact) mass is 274 g/mol. The van der Waals surface area contributed by atoms with E-state index in [0.29, 0.717) is 23.0 Å². The molecule has 0 aliphatic carbocycles. The average molecular weight is 275 g/mol. The van der Waals surface area contributed by atoms with E-state index in [4.69, 9.17) is 11.6 Å². The zero-order chi connectivity index (χ0) is 12.4. The van der Waals surface area contributed by atoms with Crippen LogP contribution in [-0.2, 0) is 16.1 Å². The second-order valence-electron chi connectivity index (χ2n) is 3.73. The van der Waals surface area contributed by atoms with Crippen molar-refractivity contribution >= 4 is 34.9 Å². The summed E-state index contributed by atoms with van der Waals surface area (Å²) in [6, 6.07) is -0.314. The minimum atomic E-state index is -0.314. The molecular weight excluding hydrogens is 264 g/mol. The Morgan fingerprint density at radius 3 is 2.94 bits per heavy atom. The van der Waals surface area contributed by atoms with E-state index in [-0.39, 0.29) is 24.4 Å². The molecule has 2 heterocycles. The molecule has 0 saturated carbocycles. The Morgan fingerprint density at radius 2 is 2.35 bits per heavy atom. The van der Waals surface area contributed by atoms with Gasteiger partial charge >= 0.3 is 0 Å². The molecule has 2 amide bonds. The molecule has 0 radical (unpaired) electrons. The Balaban J connectivity index is 2.15. The SMILES string of the molecule is CCC1C(=O)NC(=O)CN1Cc1nnsc1Cl. The topological polar surface area (TPSA) is 75.2 Å². The molecule has 8 heteroatoms. The Morgan fingerprint density at radius 1 is 1.59 bits per heavy atom. The second-order valence-corrected chi connectivity index (χ2v) is 5.09. The van der Waals surface area contributed by atoms with Crippen LogP contribution in [0, 0.1) is 0 Å². The number of nitrogens with one attached hydrogen (secondary N) is 1. The van der Waals surface area contributed by atoms with Crippen molar-refractivity contribution < 1.29 is 9.59 Å². The van der Waals surface area contributed by atoms with Crippen LogP contribution in [0.5, 0.6) is 0 Å². The fraction of sp³-hybridized carbons (Fsp3) is 0.556. The van der Waals surface area contributed by atoms with Crippen LogP contribution >= 0.6 is 23.1 Å². The van der Waals surface area contributed by atoms with Gasteiger partial charge in [0.15, 0.2) is 0 Å². The van der Waals surface area contributed by atoms with Gasteiger partial charge in [-0.1, -0.05) is 23.0 Å². The number of aromatic nitrogens is 2. The third-order valence-electron chi connectivity index (χ3n) is 2.60. The minimum Gasteiger partial charge on any atom is -0.294 e. The van der Waals surface area contributed by atoms with Gasteiger partial charge < -0.3 is 0 Å². The quantitative estimate of drug-likeness (QED) is 0.809. The molecule has 0 spiro atoms. The zero-order valence-corrected chi connectivity index (χ0v) is 10.7. The molecule has 1 aromatic heterocycles. The third-order valence-corrected chi connectivity index (χ3v) is 3.59. The predicted molar refractivity (Wildman–Crippen MR) is 62.6 cm³/mol. The lowest BCUT2D eigenvalue weighted by Crippen LogP contribution is -2.57. The van der Waals surface area contributed by atoms with Crippen LogP contribution in [-0.4, -0.2) is 38.9 Å². The van der Waals surface area contributed by atoms with Crippen molar-refractivity contribution in [3.8, 4) is 0 Å². The van der Waals surface area contributed by atoms with Crippen molar-refractivity contribution in [3.63, 3.8) is 0 Å². The summed E-state index contributed by atoms with van der Waals surface area (Å²) >= 11 is 7.00. The van der Waals surface area contributed by atoms with Crippen LogP contribution in [0.1, 0.15) is 19.0 Å². The van der Waals surface area contributed by atoms with Gasteiger partial charge in [-0.15, -0.1) is 5.10 Å². The van der Waals surface area contributed by atoms with Crippen molar-refractivity contribution in [3.05, 3.63) is 10.0 Å². The van der Waals surface area contributed by atoms with Crippen molar-refractivity contribution in [2.45, 2.75) is 25.9 Å². The maximum absolute atomic E-state index is 11.6. The van der Waals surface area contributed by atoms with E-state index in [0.717, 1.165) is 11.5 Å². The normalized spacial score (nSPS) is 21.6. The first kappa shape index (κ1) is 12.4. The first-order valence-corrected chi connectivity index (χ1v) is 6.31. The molecule has 2 rings (SSSR count). The number of rotatable bonds is 3. The van der Waals surface area contributed by atoms with E-state index in [9.17, 15) is 9.59 Å². The Hall–Kier alpha value is -1.05. The highest BCUT2D eigenvalue weighted by atomic mass is 35.5. The maximum Gasteiger partial charge on any atom is 0.243 e. The molecule has 1 aliphatic rings. The number of hydrogen-bond acceptors (Lipinski definition) is 6. The number of amides is 2. The summed E-state index contributed by atoms with van der Waals surface area (Å²) in [5.41, 5.74) is 0.609. The molecule has 17 heavy (non-hydrogen) atoms. The first-order chi connectivity index (χ1) is 8.11. The molecule has 1 saturated heterocycles. The van der Waals surface area contributed by atoms with Crippen LogP contribution in [0.2, 0.25) is 4.34 Å². The lowest BCUT2D eigenvalue weighted by molar-refractivity contribution is -0.140. The van der Waals surface area contributed by atoms with Gasteiger partial charge in [0.2, 0.25) is 11.8 Å². The smallest absolute Gasteiger partial charge is 0.243 e. The number of piperazine rings is 1. The second kappa shape index (κ2) is 5.07. The van der Waals surface area contributed by atoms with Gasteiger partial charge in [0.1, 0.15) is 10.0 Å². The molecule has 1 fully saturated rings. The van der Waals surface area contributed by atoms with E-state index in [1.807, 2.05) is 6.92 Å². The van der Waals surface area contributed by atoms with E-state index in [1.54, 1.807) is 4.90 Å². The van der Waals surface area contributed by atoms with Gasteiger partial charge in [0.05, 0.1) is 12.6 Å². The summed E-state index contributed by atoms with van der Waals surface area (Å²) < 4.78 is 4.22. The highest BCUT2D eigenvalue weighted by molar-refractivity contribution is 7.10. The summed E-state index contributed by atoms with van der Waals surface area (Å²) in [5.74, 6) is -0.554. The molecule has 0 bridgehead atoms. The van der Waals surface area contributed by atoms with Crippen LogP contribution in [0.4, 0.5) is 0 Å². The van der Waals surface area contributed by atoms with Crippen molar-refractivity contribution in [1.82, 2.24) is 19.8 Å². The van der Waals surface area contributed by atoms with Gasteiger partial charge in [0.25, 0.3) is 0 Å². The molecule has 0 aromatic carbocycles. The van der Waals surface area contributed by atoms with Gasteiger partial charge in [-0.05, 0) is 6.42 Å². The van der Waals surface area contributed by atoms with Gasteiger partial charge in [-0.3, -0.25) is 19.8 Å². The Kier molecular flexibility index (Phi) is 3.70. The molecule has 1 aliphatic heterocycles. The molecular formula is C9H11ClN4O2S. The third kappa shape index (κ3) is 2.62. The number of imide groups is 1. The van der Waals surface area contributed by atoms with Crippen molar-refractivity contribution in [2.75, 3.05) is 6.54 Å². The molecule has 92 valence electrons. The molecule has 1 atom stereocenters. The Labute approximate surface area is 107 Å². The van der Waals surface area contributed by atoms with Crippen LogP contribution in [0.25, 0.3) is 0 Å². The number of halogens is 1. The van der Waals surface area contributed by atoms with Crippen LogP contribution in [0.15, 0.2) is 0 Å². The largest absolute Gasteiger partial charge is 0.294 e. The van der Waals surface area contributed by atoms with Crippen LogP contribution < -0.4 is 5.32 Å². The fourth-order valence-electron chi connectivity index (χ4n) is 1.81. The lowest BCUT2D eigenvalue weighted by atomic mass is 10.1. The average Bonchev–Trinajstić information content (AvgIpc) is 2.64. The number of hydrogen-bond donors (Lipinski definition) is 1. The maximum atomic E-state index is 11.6. The molecule has 1 aromatic rings. The Bertz CT molecular complexity index is 450.